The fourth-order valence-electron chi connectivity index (χ4n) is 3.76. The molecule has 8 nitrogen and oxygen atoms in total. The van der Waals surface area contributed by atoms with Gasteiger partial charge in [-0.1, -0.05) is 6.07 Å². The number of amides is 1. The Balaban J connectivity index is 0.00000141. The Hall–Kier alpha value is -3.99. The van der Waals surface area contributed by atoms with Crippen LogP contribution in [0.3, 0.4) is 0 Å². The number of alkyl halides is 4. The summed E-state index contributed by atoms with van der Waals surface area (Å²) < 4.78 is 49.1. The molecule has 0 radical (unpaired) electrons. The van der Waals surface area contributed by atoms with Gasteiger partial charge < -0.3 is 24.7 Å². The lowest BCUT2D eigenvalue weighted by Crippen LogP contribution is -2.32. The number of fused-ring (bicyclic) bond motifs is 2. The first-order chi connectivity index (χ1) is 16.8. The van der Waals surface area contributed by atoms with Crippen molar-refractivity contribution < 1.29 is 27.4 Å². The van der Waals surface area contributed by atoms with Crippen molar-refractivity contribution in [2.75, 3.05) is 30.2 Å². The van der Waals surface area contributed by atoms with E-state index in [9.17, 15) is 18.0 Å². The molecule has 0 unspecified atom stereocenters. The summed E-state index contributed by atoms with van der Waals surface area (Å²) in [5.74, 6) is -0.517. The number of carbonyl (C=O) groups is 1. The summed E-state index contributed by atoms with van der Waals surface area (Å²) in [6.45, 7) is 0.498. The number of nitrogens with two attached hydrogens (primary N) is 1. The van der Waals surface area contributed by atoms with Crippen LogP contribution in [0.25, 0.3) is 16.6 Å². The highest BCUT2D eigenvalue weighted by Crippen LogP contribution is 2.31. The quantitative estimate of drug-likeness (QED) is 0.402. The molecular weight excluding hydrogens is 487 g/mol. The third-order valence-corrected chi connectivity index (χ3v) is 5.17. The Morgan fingerprint density at radius 3 is 2.66 bits per heavy atom. The van der Waals surface area contributed by atoms with Crippen LogP contribution >= 0.6 is 11.6 Å². The zero-order valence-electron chi connectivity index (χ0n) is 18.3. The van der Waals surface area contributed by atoms with Gasteiger partial charge in [-0.15, -0.1) is 24.8 Å². The summed E-state index contributed by atoms with van der Waals surface area (Å²) in [5.41, 5.74) is 7.84. The van der Waals surface area contributed by atoms with Gasteiger partial charge in [0.15, 0.2) is 0 Å². The zero-order chi connectivity index (χ0) is 25.2. The first-order valence-corrected chi connectivity index (χ1v) is 11.0. The largest absolute Gasteiger partial charge is 0.573 e. The van der Waals surface area contributed by atoms with E-state index in [1.54, 1.807) is 35.0 Å². The van der Waals surface area contributed by atoms with Crippen LogP contribution in [0, 0.1) is 0 Å². The van der Waals surface area contributed by atoms with Gasteiger partial charge >= 0.3 is 6.36 Å². The third-order valence-electron chi connectivity index (χ3n) is 5.17. The number of hydrogen-bond donors (Lipinski definition) is 1. The second kappa shape index (κ2) is 9.71. The SMILES string of the molecule is CCl.Nc1ncnc2c1C(=O)N(c1ccc3c(ccn3-c3cccc(OC(F)(F)F)c3)c1)CCO2. The minimum atomic E-state index is -4.78. The van der Waals surface area contributed by atoms with Gasteiger partial charge in [0, 0.05) is 35.4 Å². The summed E-state index contributed by atoms with van der Waals surface area (Å²) in [7, 11) is 0. The molecule has 0 fully saturated rings. The van der Waals surface area contributed by atoms with E-state index < -0.39 is 6.36 Å². The molecule has 0 aliphatic carbocycles. The second-order valence-electron chi connectivity index (χ2n) is 7.22. The van der Waals surface area contributed by atoms with Crippen LogP contribution in [0.15, 0.2) is 61.1 Å². The summed E-state index contributed by atoms with van der Waals surface area (Å²) in [6, 6.07) is 12.8. The predicted octanol–water partition coefficient (Wildman–Crippen LogP) is 4.80. The van der Waals surface area contributed by atoms with Gasteiger partial charge in [0.05, 0.1) is 12.1 Å². The zero-order valence-corrected chi connectivity index (χ0v) is 19.0. The molecule has 0 saturated carbocycles. The number of aromatic nitrogens is 3. The van der Waals surface area contributed by atoms with Crippen LogP contribution < -0.4 is 20.1 Å². The van der Waals surface area contributed by atoms with Crippen molar-refractivity contribution in [3.63, 3.8) is 0 Å². The molecule has 0 atom stereocenters. The molecule has 35 heavy (non-hydrogen) atoms. The van der Waals surface area contributed by atoms with E-state index in [1.165, 1.54) is 35.8 Å². The van der Waals surface area contributed by atoms with Crippen molar-refractivity contribution in [3.8, 4) is 17.3 Å². The molecule has 1 aliphatic rings. The first-order valence-electron chi connectivity index (χ1n) is 10.2. The Morgan fingerprint density at radius 1 is 1.09 bits per heavy atom. The second-order valence-corrected chi connectivity index (χ2v) is 7.22. The number of nitrogens with zero attached hydrogens (tertiary/aromatic N) is 4. The van der Waals surface area contributed by atoms with Crippen molar-refractivity contribution in [1.82, 2.24) is 14.5 Å². The number of benzene rings is 2. The summed E-state index contributed by atoms with van der Waals surface area (Å²) in [6.07, 6.45) is -0.334. The van der Waals surface area contributed by atoms with Gasteiger partial charge in [-0.05, 0) is 36.4 Å². The van der Waals surface area contributed by atoms with E-state index in [1.807, 2.05) is 6.07 Å². The Kier molecular flexibility index (Phi) is 6.70. The molecular formula is C23H19ClF3N5O3. The van der Waals surface area contributed by atoms with Gasteiger partial charge in [-0.3, -0.25) is 4.79 Å². The lowest BCUT2D eigenvalue weighted by Gasteiger charge is -2.20. The topological polar surface area (TPSA) is 95.5 Å². The van der Waals surface area contributed by atoms with Crippen LogP contribution in [-0.2, 0) is 0 Å². The average Bonchev–Trinajstić information content (AvgIpc) is 3.17. The van der Waals surface area contributed by atoms with E-state index in [0.717, 1.165) is 10.9 Å². The third kappa shape index (κ3) is 4.94. The first kappa shape index (κ1) is 24.1. The molecule has 2 N–H and O–H groups in total. The van der Waals surface area contributed by atoms with Gasteiger partial charge in [0.2, 0.25) is 5.88 Å². The van der Waals surface area contributed by atoms with Crippen molar-refractivity contribution >= 4 is 39.9 Å². The van der Waals surface area contributed by atoms with Gasteiger partial charge in [-0.25, -0.2) is 9.97 Å². The highest BCUT2D eigenvalue weighted by molar-refractivity contribution is 6.15. The normalized spacial score (nSPS) is 13.4. The summed E-state index contributed by atoms with van der Waals surface area (Å²) >= 11 is 4.64. The average molecular weight is 506 g/mol. The van der Waals surface area contributed by atoms with E-state index >= 15 is 0 Å². The molecule has 0 bridgehead atoms. The number of halogens is 4. The number of hydrogen-bond acceptors (Lipinski definition) is 6. The molecule has 0 spiro atoms. The van der Waals surface area contributed by atoms with Crippen molar-refractivity contribution in [2.24, 2.45) is 0 Å². The molecule has 0 saturated heterocycles. The number of nitrogen functional groups attached to an aromatic ring is 1. The summed E-state index contributed by atoms with van der Waals surface area (Å²) in [5, 5.41) is 0.783. The Morgan fingerprint density at radius 2 is 1.89 bits per heavy atom. The van der Waals surface area contributed by atoms with Crippen LogP contribution in [0.4, 0.5) is 24.7 Å². The van der Waals surface area contributed by atoms with Gasteiger partial charge in [0.1, 0.15) is 30.1 Å². The summed E-state index contributed by atoms with van der Waals surface area (Å²) in [4.78, 5) is 22.5. The number of carbonyl (C=O) groups excluding carboxylic acids is 1. The van der Waals surface area contributed by atoms with Crippen LogP contribution in [0.2, 0.25) is 0 Å². The van der Waals surface area contributed by atoms with E-state index in [0.29, 0.717) is 11.4 Å². The lowest BCUT2D eigenvalue weighted by atomic mass is 10.2. The fraction of sp³-hybridized carbons (Fsp3) is 0.174. The number of ether oxygens (including phenoxy) is 2. The van der Waals surface area contributed by atoms with Crippen LogP contribution in [-0.4, -0.2) is 46.3 Å². The molecule has 182 valence electrons. The molecule has 2 aromatic carbocycles. The monoisotopic (exact) mass is 505 g/mol. The smallest absolute Gasteiger partial charge is 0.475 e. The lowest BCUT2D eigenvalue weighted by molar-refractivity contribution is -0.274. The van der Waals surface area contributed by atoms with Crippen molar-refractivity contribution in [1.29, 1.82) is 0 Å². The molecule has 1 amide bonds. The minimum Gasteiger partial charge on any atom is -0.475 e. The van der Waals surface area contributed by atoms with Gasteiger partial charge in [-0.2, -0.15) is 0 Å². The van der Waals surface area contributed by atoms with Crippen LogP contribution in [0.5, 0.6) is 11.6 Å². The molecule has 12 heteroatoms. The Bertz CT molecular complexity index is 1380. The Labute approximate surface area is 202 Å². The molecule has 4 aromatic rings. The van der Waals surface area contributed by atoms with E-state index in [2.05, 4.69) is 26.3 Å². The van der Waals surface area contributed by atoms with E-state index in [4.69, 9.17) is 10.5 Å². The minimum absolute atomic E-state index is 0.0325. The maximum absolute atomic E-state index is 13.1. The van der Waals surface area contributed by atoms with Crippen molar-refractivity contribution in [2.45, 2.75) is 6.36 Å². The molecule has 3 heterocycles. The van der Waals surface area contributed by atoms with E-state index in [-0.39, 0.29) is 42.1 Å². The number of rotatable bonds is 3. The predicted molar refractivity (Wildman–Crippen MR) is 125 cm³/mol. The van der Waals surface area contributed by atoms with Crippen molar-refractivity contribution in [3.05, 3.63) is 66.6 Å². The maximum atomic E-state index is 13.1. The number of anilines is 2. The molecule has 1 aliphatic heterocycles. The molecule has 2 aromatic heterocycles. The standard InChI is InChI=1S/C22H16F3N5O3.CH3Cl/c23-22(24,25)33-16-3-1-2-14(11-16)29-7-6-13-10-15(4-5-17(13)29)30-8-9-32-20-18(21(30)31)19(26)27-12-28-20;1-2/h1-7,10-12H,8-9H2,(H2,26,27,28);1H3. The fourth-order valence-corrected chi connectivity index (χ4v) is 3.76. The van der Waals surface area contributed by atoms with Gasteiger partial charge in [0.25, 0.3) is 5.91 Å². The van der Waals surface area contributed by atoms with Crippen LogP contribution in [0.1, 0.15) is 10.4 Å². The maximum Gasteiger partial charge on any atom is 0.573 e. The molecule has 5 rings (SSSR count). The highest BCUT2D eigenvalue weighted by atomic mass is 35.5. The highest BCUT2D eigenvalue weighted by Gasteiger charge is 2.31.